The Morgan fingerprint density at radius 1 is 1.50 bits per heavy atom. The number of nitrogens with two attached hydrogens (primary N) is 1. The zero-order valence-electron chi connectivity index (χ0n) is 5.85. The first-order valence-electron chi connectivity index (χ1n) is 2.93. The molecule has 0 spiro atoms. The lowest BCUT2D eigenvalue weighted by Crippen LogP contribution is -2.30. The molecule has 0 amide bonds. The van der Waals surface area contributed by atoms with E-state index in [2.05, 4.69) is 13.8 Å². The van der Waals surface area contributed by atoms with Gasteiger partial charge in [-0.3, -0.25) is 0 Å². The third kappa shape index (κ3) is 2.99. The van der Waals surface area contributed by atoms with Crippen molar-refractivity contribution in [3.8, 4) is 0 Å². The van der Waals surface area contributed by atoms with Gasteiger partial charge in [-0.15, -0.1) is 0 Å². The summed E-state index contributed by atoms with van der Waals surface area (Å²) in [5, 5.41) is 0. The van der Waals surface area contributed by atoms with E-state index in [0.717, 1.165) is 0 Å². The number of ether oxygens (including phenoxy) is 1. The number of rotatable bonds is 3. The maximum Gasteiger partial charge on any atom is 0.0616 e. The van der Waals surface area contributed by atoms with E-state index in [-0.39, 0.29) is 6.04 Å². The van der Waals surface area contributed by atoms with Crippen molar-refractivity contribution < 1.29 is 4.74 Å². The van der Waals surface area contributed by atoms with Gasteiger partial charge in [0.1, 0.15) is 0 Å². The van der Waals surface area contributed by atoms with E-state index >= 15 is 0 Å². The highest BCUT2D eigenvalue weighted by atomic mass is 16.5. The zero-order valence-corrected chi connectivity index (χ0v) is 5.85. The summed E-state index contributed by atoms with van der Waals surface area (Å²) < 4.78 is 4.84. The first-order chi connectivity index (χ1) is 3.68. The minimum absolute atomic E-state index is 0.194. The van der Waals surface area contributed by atoms with Gasteiger partial charge in [0.25, 0.3) is 0 Å². The molecular formula is C6H15NO. The second-order valence-corrected chi connectivity index (χ2v) is 2.36. The van der Waals surface area contributed by atoms with Crippen LogP contribution in [0.2, 0.25) is 0 Å². The Hall–Kier alpha value is -0.0800. The Bertz CT molecular complexity index is 54.5. The summed E-state index contributed by atoms with van der Waals surface area (Å²) >= 11 is 0. The van der Waals surface area contributed by atoms with Crippen molar-refractivity contribution in [2.24, 2.45) is 11.7 Å². The number of methoxy groups -OCH3 is 1. The van der Waals surface area contributed by atoms with Crippen molar-refractivity contribution in [3.05, 3.63) is 0 Å². The second-order valence-electron chi connectivity index (χ2n) is 2.36. The lowest BCUT2D eigenvalue weighted by molar-refractivity contribution is 0.164. The molecule has 2 N–H and O–H groups in total. The summed E-state index contributed by atoms with van der Waals surface area (Å²) in [6.07, 6.45) is 0. The number of hydrogen-bond acceptors (Lipinski definition) is 2. The van der Waals surface area contributed by atoms with Crippen LogP contribution in [0.4, 0.5) is 0 Å². The number of hydrogen-bond donors (Lipinski definition) is 1. The highest BCUT2D eigenvalue weighted by Gasteiger charge is 2.04. The van der Waals surface area contributed by atoms with Crippen LogP contribution in [0.25, 0.3) is 0 Å². The Morgan fingerprint density at radius 3 is 2.12 bits per heavy atom. The van der Waals surface area contributed by atoms with Crippen molar-refractivity contribution in [1.29, 1.82) is 0 Å². The molecule has 0 aromatic heterocycles. The molecule has 0 aliphatic rings. The van der Waals surface area contributed by atoms with Gasteiger partial charge in [0.15, 0.2) is 0 Å². The summed E-state index contributed by atoms with van der Waals surface area (Å²) in [5.74, 6) is 0.523. The Kier molecular flexibility index (Phi) is 3.83. The smallest absolute Gasteiger partial charge is 0.0616 e. The van der Waals surface area contributed by atoms with Crippen LogP contribution in [0.1, 0.15) is 13.8 Å². The third-order valence-electron chi connectivity index (χ3n) is 1.22. The fourth-order valence-electron chi connectivity index (χ4n) is 0.385. The van der Waals surface area contributed by atoms with E-state index in [1.54, 1.807) is 7.11 Å². The lowest BCUT2D eigenvalue weighted by atomic mass is 10.1. The van der Waals surface area contributed by atoms with E-state index < -0.39 is 0 Å². The zero-order chi connectivity index (χ0) is 6.57. The molecule has 0 radical (unpaired) electrons. The monoisotopic (exact) mass is 117 g/mol. The van der Waals surface area contributed by atoms with Crippen molar-refractivity contribution in [1.82, 2.24) is 0 Å². The van der Waals surface area contributed by atoms with Gasteiger partial charge in [-0.05, 0) is 5.92 Å². The molecule has 0 aliphatic carbocycles. The van der Waals surface area contributed by atoms with Crippen LogP contribution in [0.5, 0.6) is 0 Å². The van der Waals surface area contributed by atoms with Crippen LogP contribution in [-0.4, -0.2) is 19.8 Å². The van der Waals surface area contributed by atoms with Crippen LogP contribution in [0, 0.1) is 5.92 Å². The Balaban J connectivity index is 3.17. The van der Waals surface area contributed by atoms with Crippen LogP contribution in [0.3, 0.4) is 0 Å². The van der Waals surface area contributed by atoms with Crippen LogP contribution in [0.15, 0.2) is 0 Å². The Labute approximate surface area is 51.0 Å². The molecule has 0 saturated carbocycles. The molecule has 50 valence electrons. The maximum atomic E-state index is 5.60. The average Bonchev–Trinajstić information content (AvgIpc) is 1.67. The standard InChI is InChI=1S/C6H15NO/c1-5(2)6(7)4-8-3/h5-6H,4,7H2,1-3H3/t6-/m0/s1. The molecule has 0 unspecified atom stereocenters. The largest absolute Gasteiger partial charge is 0.383 e. The van der Waals surface area contributed by atoms with Gasteiger partial charge in [-0.25, -0.2) is 0 Å². The lowest BCUT2D eigenvalue weighted by Gasteiger charge is -2.12. The maximum absolute atomic E-state index is 5.60. The summed E-state index contributed by atoms with van der Waals surface area (Å²) in [7, 11) is 1.67. The van der Waals surface area contributed by atoms with E-state index in [1.165, 1.54) is 0 Å². The highest BCUT2D eigenvalue weighted by molar-refractivity contribution is 4.62. The van der Waals surface area contributed by atoms with Crippen molar-refractivity contribution in [2.45, 2.75) is 19.9 Å². The quantitative estimate of drug-likeness (QED) is 0.588. The van der Waals surface area contributed by atoms with Crippen LogP contribution >= 0.6 is 0 Å². The predicted octanol–water partition coefficient (Wildman–Crippen LogP) is 0.616. The molecule has 0 aliphatic heterocycles. The summed E-state index contributed by atoms with van der Waals surface area (Å²) in [5.41, 5.74) is 5.60. The normalized spacial score (nSPS) is 14.6. The fraction of sp³-hybridized carbons (Fsp3) is 1.00. The SMILES string of the molecule is COC[C@H](N)C(C)C. The highest BCUT2D eigenvalue weighted by Crippen LogP contribution is 1.96. The van der Waals surface area contributed by atoms with E-state index in [0.29, 0.717) is 12.5 Å². The van der Waals surface area contributed by atoms with Gasteiger partial charge in [0.2, 0.25) is 0 Å². The summed E-state index contributed by atoms with van der Waals surface area (Å²) in [4.78, 5) is 0. The van der Waals surface area contributed by atoms with Gasteiger partial charge in [-0.2, -0.15) is 0 Å². The van der Waals surface area contributed by atoms with Gasteiger partial charge in [-0.1, -0.05) is 13.8 Å². The predicted molar refractivity (Wildman–Crippen MR) is 34.7 cm³/mol. The van der Waals surface area contributed by atoms with Gasteiger partial charge in [0.05, 0.1) is 6.61 Å². The minimum Gasteiger partial charge on any atom is -0.383 e. The van der Waals surface area contributed by atoms with Crippen LogP contribution < -0.4 is 5.73 Å². The summed E-state index contributed by atoms with van der Waals surface area (Å²) in [6, 6.07) is 0.194. The molecule has 0 bridgehead atoms. The molecule has 0 rings (SSSR count). The van der Waals surface area contributed by atoms with Gasteiger partial charge >= 0.3 is 0 Å². The van der Waals surface area contributed by atoms with Crippen molar-refractivity contribution in [3.63, 3.8) is 0 Å². The van der Waals surface area contributed by atoms with Crippen molar-refractivity contribution in [2.75, 3.05) is 13.7 Å². The first-order valence-corrected chi connectivity index (χ1v) is 2.93. The van der Waals surface area contributed by atoms with Crippen molar-refractivity contribution >= 4 is 0 Å². The molecule has 2 nitrogen and oxygen atoms in total. The Morgan fingerprint density at radius 2 is 2.00 bits per heavy atom. The average molecular weight is 117 g/mol. The van der Waals surface area contributed by atoms with E-state index in [9.17, 15) is 0 Å². The first kappa shape index (κ1) is 7.92. The topological polar surface area (TPSA) is 35.2 Å². The second kappa shape index (κ2) is 3.87. The molecule has 0 aromatic carbocycles. The molecule has 0 fully saturated rings. The summed E-state index contributed by atoms with van der Waals surface area (Å²) in [6.45, 7) is 4.84. The van der Waals surface area contributed by atoms with Gasteiger partial charge in [0, 0.05) is 13.2 Å². The van der Waals surface area contributed by atoms with E-state index in [1.807, 2.05) is 0 Å². The molecule has 1 atom stereocenters. The molecule has 8 heavy (non-hydrogen) atoms. The van der Waals surface area contributed by atoms with Gasteiger partial charge < -0.3 is 10.5 Å². The van der Waals surface area contributed by atoms with Crippen LogP contribution in [-0.2, 0) is 4.74 Å². The molecule has 2 heteroatoms. The van der Waals surface area contributed by atoms with E-state index in [4.69, 9.17) is 10.5 Å². The minimum atomic E-state index is 0.194. The molecule has 0 heterocycles. The molecule has 0 saturated heterocycles. The fourth-order valence-corrected chi connectivity index (χ4v) is 0.385. The third-order valence-corrected chi connectivity index (χ3v) is 1.22. The molecular weight excluding hydrogens is 102 g/mol. The molecule has 0 aromatic rings.